The predicted octanol–water partition coefficient (Wildman–Crippen LogP) is 1.75. The van der Waals surface area contributed by atoms with Crippen LogP contribution in [-0.4, -0.2) is 14.8 Å². The van der Waals surface area contributed by atoms with Crippen LogP contribution in [-0.2, 0) is 13.6 Å². The summed E-state index contributed by atoms with van der Waals surface area (Å²) in [6.45, 7) is 2.47. The molecule has 0 fully saturated rings. The third kappa shape index (κ3) is 2.68. The Balaban J connectivity index is 2.13. The molecule has 1 N–H and O–H groups in total. The summed E-state index contributed by atoms with van der Waals surface area (Å²) in [4.78, 5) is 15.8. The van der Waals surface area contributed by atoms with Crippen LogP contribution < -0.4 is 10.9 Å². The van der Waals surface area contributed by atoms with E-state index in [0.717, 1.165) is 11.3 Å². The molecular weight excluding hydrogens is 252 g/mol. The van der Waals surface area contributed by atoms with Gasteiger partial charge in [-0.2, -0.15) is 5.10 Å². The fraction of sp³-hybridized carbons (Fsp3) is 0.250. The molecule has 2 rings (SSSR count). The van der Waals surface area contributed by atoms with Gasteiger partial charge in [0, 0.05) is 25.5 Å². The molecule has 94 valence electrons. The Bertz CT molecular complexity index is 606. The highest BCUT2D eigenvalue weighted by Gasteiger charge is 2.06. The van der Waals surface area contributed by atoms with Crippen molar-refractivity contribution in [1.29, 1.82) is 0 Å². The van der Waals surface area contributed by atoms with Crippen LogP contribution >= 0.6 is 11.6 Å². The molecule has 0 bridgehead atoms. The zero-order valence-corrected chi connectivity index (χ0v) is 10.9. The van der Waals surface area contributed by atoms with Gasteiger partial charge in [-0.3, -0.25) is 9.78 Å². The van der Waals surface area contributed by atoms with Crippen molar-refractivity contribution in [3.05, 3.63) is 51.2 Å². The van der Waals surface area contributed by atoms with E-state index in [2.05, 4.69) is 15.4 Å². The number of hydrogen-bond donors (Lipinski definition) is 1. The Morgan fingerprint density at radius 1 is 1.39 bits per heavy atom. The van der Waals surface area contributed by atoms with Crippen LogP contribution in [0.5, 0.6) is 0 Å². The lowest BCUT2D eigenvalue weighted by atomic mass is 10.2. The van der Waals surface area contributed by atoms with E-state index in [0.29, 0.717) is 12.2 Å². The van der Waals surface area contributed by atoms with E-state index in [1.54, 1.807) is 13.2 Å². The molecule has 0 unspecified atom stereocenters. The molecule has 5 nitrogen and oxygen atoms in total. The average molecular weight is 265 g/mol. The molecule has 2 aromatic rings. The fourth-order valence-corrected chi connectivity index (χ4v) is 1.67. The van der Waals surface area contributed by atoms with Gasteiger partial charge in [0.15, 0.2) is 0 Å². The Morgan fingerprint density at radius 2 is 2.17 bits per heavy atom. The van der Waals surface area contributed by atoms with Gasteiger partial charge in [0.05, 0.1) is 11.9 Å². The number of aromatic nitrogens is 3. The maximum absolute atomic E-state index is 11.6. The number of rotatable bonds is 3. The van der Waals surface area contributed by atoms with Gasteiger partial charge in [-0.05, 0) is 18.6 Å². The van der Waals surface area contributed by atoms with Crippen LogP contribution in [0.15, 0.2) is 29.3 Å². The van der Waals surface area contributed by atoms with E-state index >= 15 is 0 Å². The van der Waals surface area contributed by atoms with E-state index in [-0.39, 0.29) is 10.6 Å². The first-order chi connectivity index (χ1) is 8.58. The highest BCUT2D eigenvalue weighted by molar-refractivity contribution is 6.32. The molecule has 0 saturated carbocycles. The van der Waals surface area contributed by atoms with Crippen LogP contribution in [0.1, 0.15) is 11.3 Å². The Morgan fingerprint density at radius 3 is 2.83 bits per heavy atom. The van der Waals surface area contributed by atoms with Crippen LogP contribution in [0.3, 0.4) is 0 Å². The van der Waals surface area contributed by atoms with Crippen LogP contribution in [0.2, 0.25) is 5.02 Å². The maximum Gasteiger partial charge on any atom is 0.287 e. The monoisotopic (exact) mass is 264 g/mol. The van der Waals surface area contributed by atoms with Crippen molar-refractivity contribution in [1.82, 2.24) is 14.8 Å². The van der Waals surface area contributed by atoms with Gasteiger partial charge in [0.1, 0.15) is 5.02 Å². The summed E-state index contributed by atoms with van der Waals surface area (Å²) in [5.74, 6) is 0. The highest BCUT2D eigenvalue weighted by atomic mass is 35.5. The molecular formula is C12H13ClN4O. The van der Waals surface area contributed by atoms with E-state index in [1.165, 1.54) is 10.9 Å². The van der Waals surface area contributed by atoms with E-state index in [4.69, 9.17) is 11.6 Å². The van der Waals surface area contributed by atoms with Gasteiger partial charge in [-0.1, -0.05) is 17.7 Å². The summed E-state index contributed by atoms with van der Waals surface area (Å²) in [5, 5.41) is 7.12. The molecule has 18 heavy (non-hydrogen) atoms. The molecule has 0 aliphatic rings. The van der Waals surface area contributed by atoms with E-state index < -0.39 is 0 Å². The first-order valence-electron chi connectivity index (χ1n) is 5.45. The summed E-state index contributed by atoms with van der Waals surface area (Å²) < 4.78 is 1.20. The zero-order chi connectivity index (χ0) is 13.1. The maximum atomic E-state index is 11.6. The summed E-state index contributed by atoms with van der Waals surface area (Å²) >= 11 is 5.94. The number of nitrogens with zero attached hydrogens (tertiary/aromatic N) is 3. The zero-order valence-electron chi connectivity index (χ0n) is 10.1. The number of nitrogens with one attached hydrogen (secondary N) is 1. The molecule has 2 heterocycles. The van der Waals surface area contributed by atoms with Gasteiger partial charge < -0.3 is 5.32 Å². The third-order valence-corrected chi connectivity index (χ3v) is 2.90. The lowest BCUT2D eigenvalue weighted by molar-refractivity contribution is 0.708. The second-order valence-electron chi connectivity index (χ2n) is 3.96. The molecule has 0 radical (unpaired) electrons. The highest BCUT2D eigenvalue weighted by Crippen LogP contribution is 2.15. The Labute approximate surface area is 109 Å². The van der Waals surface area contributed by atoms with Crippen molar-refractivity contribution in [3.8, 4) is 0 Å². The molecule has 2 aromatic heterocycles. The predicted molar refractivity (Wildman–Crippen MR) is 70.8 cm³/mol. The third-order valence-electron chi connectivity index (χ3n) is 2.53. The molecule has 0 aliphatic heterocycles. The molecule has 6 heteroatoms. The van der Waals surface area contributed by atoms with Crippen LogP contribution in [0.4, 0.5) is 5.69 Å². The second-order valence-corrected chi connectivity index (χ2v) is 4.34. The molecule has 0 saturated heterocycles. The van der Waals surface area contributed by atoms with Crippen molar-refractivity contribution in [2.24, 2.45) is 7.05 Å². The largest absolute Gasteiger partial charge is 0.378 e. The molecule has 0 spiro atoms. The van der Waals surface area contributed by atoms with Crippen LogP contribution in [0, 0.1) is 6.92 Å². The average Bonchev–Trinajstić information content (AvgIpc) is 2.37. The summed E-state index contributed by atoms with van der Waals surface area (Å²) in [7, 11) is 1.56. The minimum Gasteiger partial charge on any atom is -0.378 e. The smallest absolute Gasteiger partial charge is 0.287 e. The van der Waals surface area contributed by atoms with Gasteiger partial charge >= 0.3 is 0 Å². The minimum atomic E-state index is -0.316. The van der Waals surface area contributed by atoms with Crippen molar-refractivity contribution in [3.63, 3.8) is 0 Å². The summed E-state index contributed by atoms with van der Waals surface area (Å²) in [5.41, 5.74) is 2.19. The normalized spacial score (nSPS) is 10.4. The van der Waals surface area contributed by atoms with Crippen molar-refractivity contribution < 1.29 is 0 Å². The van der Waals surface area contributed by atoms with Gasteiger partial charge in [0.25, 0.3) is 5.56 Å². The van der Waals surface area contributed by atoms with Crippen LogP contribution in [0.25, 0.3) is 0 Å². The number of pyridine rings is 1. The number of anilines is 1. The fourth-order valence-electron chi connectivity index (χ4n) is 1.43. The molecule has 0 amide bonds. The lowest BCUT2D eigenvalue weighted by Gasteiger charge is -2.08. The number of halogens is 1. The first-order valence-corrected chi connectivity index (χ1v) is 5.83. The van der Waals surface area contributed by atoms with E-state index in [1.807, 2.05) is 19.1 Å². The summed E-state index contributed by atoms with van der Waals surface area (Å²) in [6, 6.07) is 3.90. The first kappa shape index (κ1) is 12.6. The van der Waals surface area contributed by atoms with E-state index in [9.17, 15) is 4.79 Å². The minimum absolute atomic E-state index is 0.146. The summed E-state index contributed by atoms with van der Waals surface area (Å²) in [6.07, 6.45) is 3.32. The van der Waals surface area contributed by atoms with Crippen molar-refractivity contribution >= 4 is 17.3 Å². The van der Waals surface area contributed by atoms with Gasteiger partial charge in [-0.25, -0.2) is 4.68 Å². The lowest BCUT2D eigenvalue weighted by Crippen LogP contribution is -2.21. The standard InChI is InChI=1S/C12H13ClN4O/c1-8-3-4-9(5-14-8)6-15-10-7-16-17(2)12(18)11(10)13/h3-5,7,15H,6H2,1-2H3. The van der Waals surface area contributed by atoms with Crippen molar-refractivity contribution in [2.75, 3.05) is 5.32 Å². The second kappa shape index (κ2) is 5.18. The molecule has 0 aromatic carbocycles. The Hall–Kier alpha value is -1.88. The number of aryl methyl sites for hydroxylation is 2. The van der Waals surface area contributed by atoms with Crippen molar-refractivity contribution in [2.45, 2.75) is 13.5 Å². The SMILES string of the molecule is Cc1ccc(CNc2cnn(C)c(=O)c2Cl)cn1. The van der Waals surface area contributed by atoms with Gasteiger partial charge in [0.2, 0.25) is 0 Å². The quantitative estimate of drug-likeness (QED) is 0.918. The molecule has 0 aliphatic carbocycles. The molecule has 0 atom stereocenters. The number of hydrogen-bond acceptors (Lipinski definition) is 4. The topological polar surface area (TPSA) is 59.8 Å². The Kier molecular flexibility index (Phi) is 3.62. The van der Waals surface area contributed by atoms with Gasteiger partial charge in [-0.15, -0.1) is 0 Å².